The Morgan fingerprint density at radius 2 is 2.16 bits per heavy atom. The molecule has 0 spiro atoms. The molecule has 1 unspecified atom stereocenters. The molecule has 0 fully saturated rings. The van der Waals surface area contributed by atoms with E-state index in [-0.39, 0.29) is 0 Å². The van der Waals surface area contributed by atoms with Crippen LogP contribution in [0, 0.1) is 0 Å². The van der Waals surface area contributed by atoms with Crippen LogP contribution in [0.5, 0.6) is 5.75 Å². The lowest BCUT2D eigenvalue weighted by molar-refractivity contribution is -0.144. The number of carboxylic acids is 2. The average Bonchev–Trinajstić information content (AvgIpc) is 2.37. The maximum atomic E-state index is 11.0. The summed E-state index contributed by atoms with van der Waals surface area (Å²) < 4.78 is 5.46. The summed E-state index contributed by atoms with van der Waals surface area (Å²) in [6.45, 7) is 0.691. The molecule has 1 heterocycles. The van der Waals surface area contributed by atoms with Gasteiger partial charge in [0.1, 0.15) is 11.8 Å². The normalized spacial score (nSPS) is 14.9. The number of benzene rings is 1. The van der Waals surface area contributed by atoms with Crippen LogP contribution in [0.2, 0.25) is 0 Å². The zero-order chi connectivity index (χ0) is 13.8. The zero-order valence-electron chi connectivity index (χ0n) is 10.3. The summed E-state index contributed by atoms with van der Waals surface area (Å²) in [5, 5.41) is 20.4. The van der Waals surface area contributed by atoms with Gasteiger partial charge in [-0.2, -0.15) is 0 Å². The highest BCUT2D eigenvalue weighted by molar-refractivity contribution is 5.83. The van der Waals surface area contributed by atoms with Gasteiger partial charge in [0, 0.05) is 5.69 Å². The summed E-state index contributed by atoms with van der Waals surface area (Å²) >= 11 is 0. The fourth-order valence-electron chi connectivity index (χ4n) is 2.03. The standard InChI is InChI=1S/C13H15NO5/c15-12(16)7-10(13(17)18)14-9-3-4-11-8(6-9)2-1-5-19-11/h3-4,6,10,14H,1-2,5,7H2,(H,15,16)(H,17,18). The van der Waals surface area contributed by atoms with E-state index in [0.29, 0.717) is 12.3 Å². The minimum Gasteiger partial charge on any atom is -0.493 e. The molecular formula is C13H15NO5. The fourth-order valence-corrected chi connectivity index (χ4v) is 2.03. The van der Waals surface area contributed by atoms with Crippen molar-refractivity contribution in [2.45, 2.75) is 25.3 Å². The molecule has 1 aromatic carbocycles. The third-order valence-electron chi connectivity index (χ3n) is 2.93. The molecule has 1 atom stereocenters. The minimum atomic E-state index is -1.18. The minimum absolute atomic E-state index is 0.469. The smallest absolute Gasteiger partial charge is 0.326 e. The fraction of sp³-hybridized carbons (Fsp3) is 0.385. The second-order valence-corrected chi connectivity index (χ2v) is 4.41. The van der Waals surface area contributed by atoms with Crippen molar-refractivity contribution in [3.05, 3.63) is 23.8 Å². The lowest BCUT2D eigenvalue weighted by Gasteiger charge is -2.19. The number of nitrogens with one attached hydrogen (secondary N) is 1. The van der Waals surface area contributed by atoms with Gasteiger partial charge in [-0.25, -0.2) is 4.79 Å². The quantitative estimate of drug-likeness (QED) is 0.743. The van der Waals surface area contributed by atoms with Gasteiger partial charge in [0.2, 0.25) is 0 Å². The highest BCUT2D eigenvalue weighted by atomic mass is 16.5. The number of carboxylic acid groups (broad SMARTS) is 2. The Morgan fingerprint density at radius 1 is 1.37 bits per heavy atom. The van der Waals surface area contributed by atoms with Crippen LogP contribution in [0.25, 0.3) is 0 Å². The van der Waals surface area contributed by atoms with Crippen molar-refractivity contribution < 1.29 is 24.5 Å². The third-order valence-corrected chi connectivity index (χ3v) is 2.93. The van der Waals surface area contributed by atoms with Crippen LogP contribution in [-0.4, -0.2) is 34.8 Å². The van der Waals surface area contributed by atoms with Crippen molar-refractivity contribution in [2.75, 3.05) is 11.9 Å². The maximum absolute atomic E-state index is 11.0. The highest BCUT2D eigenvalue weighted by Gasteiger charge is 2.21. The van der Waals surface area contributed by atoms with E-state index in [1.165, 1.54) is 0 Å². The van der Waals surface area contributed by atoms with Crippen LogP contribution in [0.1, 0.15) is 18.4 Å². The Bertz CT molecular complexity index is 500. The van der Waals surface area contributed by atoms with Gasteiger partial charge in [-0.1, -0.05) is 0 Å². The van der Waals surface area contributed by atoms with E-state index in [0.717, 1.165) is 24.2 Å². The molecule has 0 amide bonds. The Kier molecular flexibility index (Phi) is 3.89. The van der Waals surface area contributed by atoms with Gasteiger partial charge in [-0.15, -0.1) is 0 Å². The molecule has 0 bridgehead atoms. The van der Waals surface area contributed by atoms with E-state index in [9.17, 15) is 9.59 Å². The van der Waals surface area contributed by atoms with Crippen LogP contribution in [0.3, 0.4) is 0 Å². The van der Waals surface area contributed by atoms with E-state index in [4.69, 9.17) is 14.9 Å². The van der Waals surface area contributed by atoms with Gasteiger partial charge in [0.15, 0.2) is 0 Å². The number of fused-ring (bicyclic) bond motifs is 1. The number of carbonyl (C=O) groups is 2. The first kappa shape index (κ1) is 13.2. The topological polar surface area (TPSA) is 95.9 Å². The molecule has 1 aliphatic heterocycles. The summed E-state index contributed by atoms with van der Waals surface area (Å²) in [6, 6.07) is 4.14. The van der Waals surface area contributed by atoms with Crippen LogP contribution >= 0.6 is 0 Å². The van der Waals surface area contributed by atoms with E-state index in [1.54, 1.807) is 12.1 Å². The maximum Gasteiger partial charge on any atom is 0.326 e. The second-order valence-electron chi connectivity index (χ2n) is 4.41. The van der Waals surface area contributed by atoms with E-state index >= 15 is 0 Å². The molecule has 1 aliphatic rings. The molecule has 6 heteroatoms. The van der Waals surface area contributed by atoms with Gasteiger partial charge >= 0.3 is 11.9 Å². The number of aliphatic carboxylic acids is 2. The lowest BCUT2D eigenvalue weighted by Crippen LogP contribution is -2.31. The van der Waals surface area contributed by atoms with Crippen LogP contribution in [0.15, 0.2) is 18.2 Å². The molecule has 2 rings (SSSR count). The van der Waals surface area contributed by atoms with Crippen molar-refractivity contribution in [1.29, 1.82) is 0 Å². The number of aryl methyl sites for hydroxylation is 1. The predicted octanol–water partition coefficient (Wildman–Crippen LogP) is 1.35. The molecule has 1 aromatic rings. The van der Waals surface area contributed by atoms with Crippen molar-refractivity contribution in [1.82, 2.24) is 0 Å². The third kappa shape index (κ3) is 3.37. The number of ether oxygens (including phenoxy) is 1. The predicted molar refractivity (Wildman–Crippen MR) is 67.6 cm³/mol. The van der Waals surface area contributed by atoms with Crippen LogP contribution in [0.4, 0.5) is 5.69 Å². The van der Waals surface area contributed by atoms with Crippen LogP contribution in [-0.2, 0) is 16.0 Å². The number of hydrogen-bond donors (Lipinski definition) is 3. The summed E-state index contributed by atoms with van der Waals surface area (Å²) in [5.74, 6) is -1.53. The summed E-state index contributed by atoms with van der Waals surface area (Å²) in [4.78, 5) is 21.6. The Labute approximate surface area is 110 Å². The Balaban J connectivity index is 2.12. The number of rotatable bonds is 5. The van der Waals surface area contributed by atoms with E-state index in [2.05, 4.69) is 5.32 Å². The molecule has 102 valence electrons. The van der Waals surface area contributed by atoms with Crippen molar-refractivity contribution in [3.63, 3.8) is 0 Å². The molecule has 0 radical (unpaired) electrons. The molecule has 0 aliphatic carbocycles. The zero-order valence-corrected chi connectivity index (χ0v) is 10.3. The lowest BCUT2D eigenvalue weighted by atomic mass is 10.1. The average molecular weight is 265 g/mol. The first-order valence-electron chi connectivity index (χ1n) is 6.03. The molecule has 6 nitrogen and oxygen atoms in total. The van der Waals surface area contributed by atoms with Gasteiger partial charge in [-0.3, -0.25) is 4.79 Å². The van der Waals surface area contributed by atoms with Crippen molar-refractivity contribution in [3.8, 4) is 5.75 Å². The number of hydrogen-bond acceptors (Lipinski definition) is 4. The molecule has 0 saturated heterocycles. The first-order valence-corrected chi connectivity index (χ1v) is 6.03. The van der Waals surface area contributed by atoms with E-state index in [1.807, 2.05) is 6.07 Å². The van der Waals surface area contributed by atoms with Crippen molar-refractivity contribution in [2.24, 2.45) is 0 Å². The molecule has 0 aromatic heterocycles. The van der Waals surface area contributed by atoms with Crippen LogP contribution < -0.4 is 10.1 Å². The molecule has 3 N–H and O–H groups in total. The number of anilines is 1. The largest absolute Gasteiger partial charge is 0.493 e. The highest BCUT2D eigenvalue weighted by Crippen LogP contribution is 2.27. The Morgan fingerprint density at radius 3 is 2.84 bits per heavy atom. The Hall–Kier alpha value is -2.24. The van der Waals surface area contributed by atoms with Gasteiger partial charge in [-0.05, 0) is 36.6 Å². The second kappa shape index (κ2) is 5.60. The monoisotopic (exact) mass is 265 g/mol. The van der Waals surface area contributed by atoms with E-state index < -0.39 is 24.4 Å². The van der Waals surface area contributed by atoms with Gasteiger partial charge in [0.05, 0.1) is 13.0 Å². The first-order chi connectivity index (χ1) is 9.06. The summed E-state index contributed by atoms with van der Waals surface area (Å²) in [6.07, 6.45) is 1.33. The molecule has 19 heavy (non-hydrogen) atoms. The molecular weight excluding hydrogens is 250 g/mol. The summed E-state index contributed by atoms with van der Waals surface area (Å²) in [5.41, 5.74) is 1.61. The van der Waals surface area contributed by atoms with Crippen molar-refractivity contribution >= 4 is 17.6 Å². The molecule has 0 saturated carbocycles. The van der Waals surface area contributed by atoms with Gasteiger partial charge < -0.3 is 20.3 Å². The van der Waals surface area contributed by atoms with Gasteiger partial charge in [0.25, 0.3) is 0 Å². The SMILES string of the molecule is O=C(O)CC(Nc1ccc2c(c1)CCCO2)C(=O)O. The summed E-state index contributed by atoms with van der Waals surface area (Å²) in [7, 11) is 0.